The Hall–Kier alpha value is -2.12. The Morgan fingerprint density at radius 1 is 1.04 bits per heavy atom. The lowest BCUT2D eigenvalue weighted by atomic mass is 10.2. The largest absolute Gasteiger partial charge is 0.356 e. The van der Waals surface area contributed by atoms with Crippen molar-refractivity contribution in [2.24, 2.45) is 7.05 Å². The first-order chi connectivity index (χ1) is 12.0. The minimum atomic E-state index is -3.30. The zero-order valence-electron chi connectivity index (χ0n) is 14.3. The maximum Gasteiger partial charge on any atom is 0.255 e. The molecule has 0 saturated carbocycles. The van der Waals surface area contributed by atoms with Gasteiger partial charge in [-0.2, -0.15) is 4.31 Å². The van der Waals surface area contributed by atoms with Crippen LogP contribution in [0, 0.1) is 0 Å². The fourth-order valence-corrected chi connectivity index (χ4v) is 4.47. The highest BCUT2D eigenvalue weighted by molar-refractivity contribution is 7.89. The van der Waals surface area contributed by atoms with Gasteiger partial charge in [-0.3, -0.25) is 4.79 Å². The van der Waals surface area contributed by atoms with Gasteiger partial charge >= 0.3 is 0 Å². The monoisotopic (exact) mass is 361 g/mol. The molecule has 0 spiro atoms. The molecule has 2 aromatic rings. The molecule has 0 atom stereocenters. The SMILES string of the molecule is Cn1ccc(C(=O)N2CCN(S(=O)(=O)CCc3ccccc3)CC2)c1. The average molecular weight is 361 g/mol. The van der Waals surface area contributed by atoms with Gasteiger partial charge < -0.3 is 9.47 Å². The number of aromatic nitrogens is 1. The summed E-state index contributed by atoms with van der Waals surface area (Å²) in [5, 5.41) is 0. The maximum absolute atomic E-state index is 12.5. The fraction of sp³-hybridized carbons (Fsp3) is 0.389. The summed E-state index contributed by atoms with van der Waals surface area (Å²) in [5.74, 6) is 0.0610. The van der Waals surface area contributed by atoms with Crippen molar-refractivity contribution in [2.75, 3.05) is 31.9 Å². The van der Waals surface area contributed by atoms with Gasteiger partial charge in [0.1, 0.15) is 0 Å². The minimum absolute atomic E-state index is 0.0399. The fourth-order valence-electron chi connectivity index (χ4n) is 3.00. The van der Waals surface area contributed by atoms with Crippen LogP contribution in [-0.2, 0) is 23.5 Å². The standard InChI is InChI=1S/C18H23N3O3S/c1-19-9-7-17(15-19)18(22)20-10-12-21(13-11-20)25(23,24)14-8-16-5-3-2-4-6-16/h2-7,9,15H,8,10-14H2,1H3. The molecule has 2 heterocycles. The molecule has 0 bridgehead atoms. The molecule has 134 valence electrons. The Kier molecular flexibility index (Phi) is 5.24. The number of carbonyl (C=O) groups excluding carboxylic acids is 1. The molecule has 25 heavy (non-hydrogen) atoms. The van der Waals surface area contributed by atoms with E-state index in [1.54, 1.807) is 17.2 Å². The van der Waals surface area contributed by atoms with Crippen LogP contribution < -0.4 is 0 Å². The number of benzene rings is 1. The Balaban J connectivity index is 1.55. The number of piperazine rings is 1. The second kappa shape index (κ2) is 7.41. The van der Waals surface area contributed by atoms with Crippen LogP contribution in [0.3, 0.4) is 0 Å². The highest BCUT2D eigenvalue weighted by atomic mass is 32.2. The van der Waals surface area contributed by atoms with Crippen molar-refractivity contribution < 1.29 is 13.2 Å². The van der Waals surface area contributed by atoms with Gasteiger partial charge in [0.2, 0.25) is 10.0 Å². The predicted molar refractivity (Wildman–Crippen MR) is 96.8 cm³/mol. The molecule has 1 aromatic heterocycles. The van der Waals surface area contributed by atoms with Gasteiger partial charge in [-0.05, 0) is 18.1 Å². The number of nitrogens with zero attached hydrogens (tertiary/aromatic N) is 3. The Morgan fingerprint density at radius 2 is 1.72 bits per heavy atom. The van der Waals surface area contributed by atoms with Crippen LogP contribution in [0.25, 0.3) is 0 Å². The first-order valence-corrected chi connectivity index (χ1v) is 9.99. The highest BCUT2D eigenvalue weighted by Gasteiger charge is 2.29. The molecular formula is C18H23N3O3S. The van der Waals surface area contributed by atoms with E-state index in [0.717, 1.165) is 5.56 Å². The number of aryl methyl sites for hydroxylation is 2. The minimum Gasteiger partial charge on any atom is -0.356 e. The van der Waals surface area contributed by atoms with Crippen LogP contribution in [0.4, 0.5) is 0 Å². The molecule has 1 fully saturated rings. The third-order valence-electron chi connectivity index (χ3n) is 4.49. The van der Waals surface area contributed by atoms with E-state index in [-0.39, 0.29) is 11.7 Å². The highest BCUT2D eigenvalue weighted by Crippen LogP contribution is 2.13. The molecule has 1 aliphatic heterocycles. The molecule has 1 aliphatic rings. The van der Waals surface area contributed by atoms with E-state index < -0.39 is 10.0 Å². The van der Waals surface area contributed by atoms with Crippen LogP contribution >= 0.6 is 0 Å². The molecule has 0 N–H and O–H groups in total. The summed E-state index contributed by atoms with van der Waals surface area (Å²) >= 11 is 0. The van der Waals surface area contributed by atoms with E-state index in [2.05, 4.69) is 0 Å². The second-order valence-electron chi connectivity index (χ2n) is 6.31. The summed E-state index contributed by atoms with van der Waals surface area (Å²) in [4.78, 5) is 14.1. The van der Waals surface area contributed by atoms with Crippen LogP contribution in [-0.4, -0.2) is 60.0 Å². The van der Waals surface area contributed by atoms with Crippen molar-refractivity contribution in [1.29, 1.82) is 0 Å². The number of hydrogen-bond donors (Lipinski definition) is 0. The van der Waals surface area contributed by atoms with Crippen molar-refractivity contribution in [3.8, 4) is 0 Å². The van der Waals surface area contributed by atoms with Gasteiger partial charge in [0.05, 0.1) is 11.3 Å². The zero-order chi connectivity index (χ0) is 17.9. The van der Waals surface area contributed by atoms with Crippen molar-refractivity contribution in [3.05, 3.63) is 59.9 Å². The van der Waals surface area contributed by atoms with Gasteiger partial charge in [-0.25, -0.2) is 8.42 Å². The summed E-state index contributed by atoms with van der Waals surface area (Å²) in [6, 6.07) is 11.4. The van der Waals surface area contributed by atoms with Crippen LogP contribution in [0.5, 0.6) is 0 Å². The summed E-state index contributed by atoms with van der Waals surface area (Å²) in [6.45, 7) is 1.57. The first kappa shape index (κ1) is 17.7. The van der Waals surface area contributed by atoms with E-state index in [0.29, 0.717) is 38.2 Å². The van der Waals surface area contributed by atoms with Crippen LogP contribution in [0.2, 0.25) is 0 Å². The Morgan fingerprint density at radius 3 is 2.32 bits per heavy atom. The molecule has 1 aromatic carbocycles. The number of rotatable bonds is 5. The predicted octanol–water partition coefficient (Wildman–Crippen LogP) is 1.36. The molecule has 0 radical (unpaired) electrons. The van der Waals surface area contributed by atoms with Crippen LogP contribution in [0.1, 0.15) is 15.9 Å². The number of hydrogen-bond acceptors (Lipinski definition) is 3. The molecule has 0 aliphatic carbocycles. The first-order valence-electron chi connectivity index (χ1n) is 8.39. The van der Waals surface area contributed by atoms with Crippen molar-refractivity contribution in [2.45, 2.75) is 6.42 Å². The number of carbonyl (C=O) groups is 1. The zero-order valence-corrected chi connectivity index (χ0v) is 15.2. The second-order valence-corrected chi connectivity index (χ2v) is 8.40. The quantitative estimate of drug-likeness (QED) is 0.808. The van der Waals surface area contributed by atoms with E-state index in [9.17, 15) is 13.2 Å². The van der Waals surface area contributed by atoms with Gasteiger partial charge in [0, 0.05) is 45.6 Å². The van der Waals surface area contributed by atoms with Crippen molar-refractivity contribution in [3.63, 3.8) is 0 Å². The third kappa shape index (κ3) is 4.29. The molecule has 1 saturated heterocycles. The number of sulfonamides is 1. The van der Waals surface area contributed by atoms with Gasteiger partial charge in [-0.1, -0.05) is 30.3 Å². The van der Waals surface area contributed by atoms with E-state index >= 15 is 0 Å². The summed E-state index contributed by atoms with van der Waals surface area (Å²) in [6.07, 6.45) is 4.12. The number of amides is 1. The molecular weight excluding hydrogens is 338 g/mol. The summed E-state index contributed by atoms with van der Waals surface area (Å²) < 4.78 is 28.4. The van der Waals surface area contributed by atoms with Gasteiger partial charge in [0.25, 0.3) is 5.91 Å². The average Bonchev–Trinajstić information content (AvgIpc) is 3.07. The third-order valence-corrected chi connectivity index (χ3v) is 6.36. The molecule has 1 amide bonds. The maximum atomic E-state index is 12.5. The lowest BCUT2D eigenvalue weighted by Crippen LogP contribution is -2.51. The van der Waals surface area contributed by atoms with E-state index in [4.69, 9.17) is 0 Å². The molecule has 7 heteroatoms. The normalized spacial score (nSPS) is 16.1. The molecule has 0 unspecified atom stereocenters. The van der Waals surface area contributed by atoms with Gasteiger partial charge in [-0.15, -0.1) is 0 Å². The molecule has 3 rings (SSSR count). The van der Waals surface area contributed by atoms with Crippen molar-refractivity contribution in [1.82, 2.24) is 13.8 Å². The summed E-state index contributed by atoms with van der Waals surface area (Å²) in [7, 11) is -1.43. The van der Waals surface area contributed by atoms with E-state index in [1.165, 1.54) is 4.31 Å². The van der Waals surface area contributed by atoms with Gasteiger partial charge in [0.15, 0.2) is 0 Å². The summed E-state index contributed by atoms with van der Waals surface area (Å²) in [5.41, 5.74) is 1.66. The smallest absolute Gasteiger partial charge is 0.255 e. The Labute approximate surface area is 148 Å². The van der Waals surface area contributed by atoms with Crippen molar-refractivity contribution >= 4 is 15.9 Å². The Bertz CT molecular complexity index is 822. The topological polar surface area (TPSA) is 62.6 Å². The lowest BCUT2D eigenvalue weighted by Gasteiger charge is -2.34. The van der Waals surface area contributed by atoms with Crippen LogP contribution in [0.15, 0.2) is 48.8 Å². The van der Waals surface area contributed by atoms with E-state index in [1.807, 2.05) is 48.1 Å². The molecule has 6 nitrogen and oxygen atoms in total. The lowest BCUT2D eigenvalue weighted by molar-refractivity contribution is 0.0698.